The van der Waals surface area contributed by atoms with E-state index in [0.29, 0.717) is 11.6 Å². The molecule has 0 saturated heterocycles. The van der Waals surface area contributed by atoms with E-state index < -0.39 is 0 Å². The van der Waals surface area contributed by atoms with Gasteiger partial charge in [0.2, 0.25) is 0 Å². The molecule has 0 spiro atoms. The third kappa shape index (κ3) is 2.32. The number of nitriles is 1. The Hall–Kier alpha value is -3.05. The topological polar surface area (TPSA) is 26.5 Å². The van der Waals surface area contributed by atoms with Gasteiger partial charge in [0.15, 0.2) is 0 Å². The highest BCUT2D eigenvalue weighted by atomic mass is 16.6. The summed E-state index contributed by atoms with van der Waals surface area (Å²) in [6.45, 7) is 8.43. The van der Waals surface area contributed by atoms with Gasteiger partial charge in [-0.15, -0.1) is 0 Å². The fraction of sp³-hybridized carbons (Fsp3) is 0.174. The van der Waals surface area contributed by atoms with Gasteiger partial charge in [0, 0.05) is 23.2 Å². The van der Waals surface area contributed by atoms with Gasteiger partial charge in [0.05, 0.1) is 23.8 Å². The molecule has 0 N–H and O–H groups in total. The monoisotopic (exact) mass is 327 g/mol. The SMILES string of the molecule is [2H]c1cc(C#N)ccc1-[o+]1c2c(C)cc(C)cc2c2cc(C)cc(C)c21. The van der Waals surface area contributed by atoms with Crippen molar-refractivity contribution >= 4 is 21.9 Å². The van der Waals surface area contributed by atoms with Gasteiger partial charge in [-0.25, -0.2) is 0 Å². The van der Waals surface area contributed by atoms with Crippen molar-refractivity contribution in [2.24, 2.45) is 0 Å². The highest BCUT2D eigenvalue weighted by Gasteiger charge is 2.24. The fourth-order valence-electron chi connectivity index (χ4n) is 3.78. The predicted molar refractivity (Wildman–Crippen MR) is 103 cm³/mol. The van der Waals surface area contributed by atoms with Crippen LogP contribution in [0.5, 0.6) is 0 Å². The van der Waals surface area contributed by atoms with Crippen LogP contribution in [0.3, 0.4) is 0 Å². The van der Waals surface area contributed by atoms with Gasteiger partial charge in [-0.3, -0.25) is 0 Å². The van der Waals surface area contributed by atoms with E-state index in [0.717, 1.165) is 28.0 Å². The molecule has 0 amide bonds. The van der Waals surface area contributed by atoms with E-state index in [-0.39, 0.29) is 0 Å². The summed E-state index contributed by atoms with van der Waals surface area (Å²) in [6.07, 6.45) is 0. The maximum absolute atomic E-state index is 9.13. The van der Waals surface area contributed by atoms with Crippen LogP contribution in [0.1, 0.15) is 29.2 Å². The van der Waals surface area contributed by atoms with Crippen LogP contribution in [0.15, 0.2) is 52.6 Å². The maximum atomic E-state index is 9.13. The molecule has 122 valence electrons. The van der Waals surface area contributed by atoms with Gasteiger partial charge in [0.25, 0.3) is 16.9 Å². The van der Waals surface area contributed by atoms with Crippen molar-refractivity contribution in [2.75, 3.05) is 0 Å². The molecule has 1 heterocycles. The first kappa shape index (κ1) is 14.3. The van der Waals surface area contributed by atoms with Gasteiger partial charge in [-0.2, -0.15) is 5.26 Å². The number of furan rings is 1. The zero-order valence-corrected chi connectivity index (χ0v) is 14.9. The highest BCUT2D eigenvalue weighted by molar-refractivity contribution is 6.08. The van der Waals surface area contributed by atoms with Gasteiger partial charge < -0.3 is 4.05 Å². The van der Waals surface area contributed by atoms with Crippen molar-refractivity contribution < 1.29 is 5.42 Å². The first-order valence-electron chi connectivity index (χ1n) is 8.88. The van der Waals surface area contributed by atoms with Crippen molar-refractivity contribution in [3.63, 3.8) is 0 Å². The molecule has 0 radical (unpaired) electrons. The van der Waals surface area contributed by atoms with Crippen LogP contribution >= 0.6 is 0 Å². The quantitative estimate of drug-likeness (QED) is 0.373. The lowest BCUT2D eigenvalue weighted by molar-refractivity contribution is 0.375. The number of rotatable bonds is 1. The van der Waals surface area contributed by atoms with E-state index in [2.05, 4.69) is 62.1 Å². The van der Waals surface area contributed by atoms with Crippen LogP contribution in [-0.4, -0.2) is 0 Å². The van der Waals surface area contributed by atoms with Crippen LogP contribution in [0, 0.1) is 39.0 Å². The number of hydrogen-bond donors (Lipinski definition) is 0. The summed E-state index contributed by atoms with van der Waals surface area (Å²) in [4.78, 5) is 0. The maximum Gasteiger partial charge on any atom is 0.278 e. The Morgan fingerprint density at radius 1 is 0.840 bits per heavy atom. The van der Waals surface area contributed by atoms with Crippen molar-refractivity contribution in [1.82, 2.24) is 0 Å². The van der Waals surface area contributed by atoms with Crippen LogP contribution in [0.2, 0.25) is 0 Å². The van der Waals surface area contributed by atoms with Crippen molar-refractivity contribution in [1.29, 1.82) is 5.26 Å². The lowest BCUT2D eigenvalue weighted by Gasteiger charge is -2.07. The van der Waals surface area contributed by atoms with Crippen LogP contribution in [-0.2, 0) is 0 Å². The average Bonchev–Trinajstić information content (AvgIpc) is 2.89. The van der Waals surface area contributed by atoms with E-state index in [1.807, 2.05) is 6.07 Å². The van der Waals surface area contributed by atoms with Gasteiger partial charge in [-0.1, -0.05) is 0 Å². The molecule has 2 nitrogen and oxygen atoms in total. The molecular weight excluding hydrogens is 306 g/mol. The molecule has 1 aromatic heterocycles. The second-order valence-electron chi connectivity index (χ2n) is 6.78. The minimum atomic E-state index is 0.327. The zero-order valence-electron chi connectivity index (χ0n) is 15.9. The van der Waals surface area contributed by atoms with E-state index >= 15 is 0 Å². The molecular formula is C23H20NO+. The molecule has 2 heteroatoms. The Morgan fingerprint density at radius 3 is 1.88 bits per heavy atom. The average molecular weight is 327 g/mol. The van der Waals surface area contributed by atoms with Crippen LogP contribution in [0.25, 0.3) is 27.7 Å². The summed E-state index contributed by atoms with van der Waals surface area (Å²) >= 11 is 0. The van der Waals surface area contributed by atoms with Gasteiger partial charge >= 0.3 is 0 Å². The van der Waals surface area contributed by atoms with E-state index in [1.165, 1.54) is 21.9 Å². The molecule has 0 aliphatic heterocycles. The van der Waals surface area contributed by atoms with Crippen LogP contribution < -0.4 is 0 Å². The van der Waals surface area contributed by atoms with Gasteiger partial charge in [0.1, 0.15) is 0 Å². The van der Waals surface area contributed by atoms with E-state index in [9.17, 15) is 0 Å². The highest BCUT2D eigenvalue weighted by Crippen LogP contribution is 2.42. The molecule has 25 heavy (non-hydrogen) atoms. The summed E-state index contributed by atoms with van der Waals surface area (Å²) in [5.74, 6) is 0.725. The second-order valence-corrected chi connectivity index (χ2v) is 6.78. The first-order chi connectivity index (χ1) is 12.4. The number of aryl methyl sites for hydroxylation is 4. The number of nitrogens with zero attached hydrogens (tertiary/aromatic N) is 1. The third-order valence-corrected chi connectivity index (χ3v) is 4.67. The Balaban J connectivity index is 2.26. The second kappa shape index (κ2) is 5.50. The van der Waals surface area contributed by atoms with E-state index in [1.54, 1.807) is 12.1 Å². The Morgan fingerprint density at radius 2 is 1.40 bits per heavy atom. The third-order valence-electron chi connectivity index (χ3n) is 4.67. The normalized spacial score (nSPS) is 11.7. The fourth-order valence-corrected chi connectivity index (χ4v) is 3.78. The van der Waals surface area contributed by atoms with Gasteiger partial charge in [-0.05, 0) is 75.2 Å². The van der Waals surface area contributed by atoms with Crippen molar-refractivity contribution in [2.45, 2.75) is 27.7 Å². The Kier molecular flexibility index (Phi) is 3.15. The molecule has 0 bridgehead atoms. The Labute approximate surface area is 149 Å². The standard InChI is InChI=1S/C23H20NO/c1-14-9-16(3)22-20(11-14)21-12-15(2)10-17(4)23(21)25(22)19-7-5-18(13-24)6-8-19/h5-12H,1-4H3/q+1/i7D. The number of benzene rings is 3. The minimum absolute atomic E-state index is 0.327. The lowest BCUT2D eigenvalue weighted by atomic mass is 10.0. The zero-order chi connectivity index (χ0) is 18.6. The van der Waals surface area contributed by atoms with Crippen LogP contribution in [0.4, 0.5) is 0 Å². The molecule has 0 fully saturated rings. The smallest absolute Gasteiger partial charge is 0.278 e. The lowest BCUT2D eigenvalue weighted by Crippen LogP contribution is -1.86. The minimum Gasteiger partial charge on any atom is -0.498 e. The molecule has 0 unspecified atom stereocenters. The Bertz CT molecular complexity index is 1180. The number of hydrogen-bond acceptors (Lipinski definition) is 1. The van der Waals surface area contributed by atoms with Crippen molar-refractivity contribution in [3.05, 3.63) is 76.3 Å². The summed E-state index contributed by atoms with van der Waals surface area (Å²) in [7, 11) is 0. The number of fused-ring (bicyclic) bond motifs is 3. The van der Waals surface area contributed by atoms with E-state index in [4.69, 9.17) is 6.63 Å². The molecule has 0 aliphatic carbocycles. The molecule has 4 aromatic rings. The molecule has 4 rings (SSSR count). The predicted octanol–water partition coefficient (Wildman–Crippen LogP) is 6.37. The summed E-state index contributed by atoms with van der Waals surface area (Å²) in [5, 5.41) is 11.5. The molecule has 3 aromatic carbocycles. The molecule has 0 saturated carbocycles. The summed E-state index contributed by atoms with van der Waals surface area (Å²) < 4.78 is 11.7. The van der Waals surface area contributed by atoms with Crippen molar-refractivity contribution in [3.8, 4) is 11.8 Å². The largest absolute Gasteiger partial charge is 0.498 e. The summed E-state index contributed by atoms with van der Waals surface area (Å²) in [6, 6.07) is 16.4. The molecule has 0 atom stereocenters. The molecule has 0 aliphatic rings. The first-order valence-corrected chi connectivity index (χ1v) is 8.38. The summed E-state index contributed by atoms with van der Waals surface area (Å²) in [5.41, 5.74) is 7.36.